The minimum absolute atomic E-state index is 0.624. The minimum Gasteiger partial charge on any atom is -0.369 e. The number of nitrogens with zero attached hydrogens (tertiary/aromatic N) is 2. The zero-order valence-corrected chi connectivity index (χ0v) is 13.6. The first-order valence-electron chi connectivity index (χ1n) is 4.92. The smallest absolute Gasteiger partial charge is 0.201 e. The van der Waals surface area contributed by atoms with Crippen molar-refractivity contribution in [3.05, 3.63) is 18.1 Å². The predicted octanol–water partition coefficient (Wildman–Crippen LogP) is 3.69. The maximum absolute atomic E-state index is 5.95. The number of nitrogens with two attached hydrogens (primary N) is 1. The fourth-order valence-corrected chi connectivity index (χ4v) is 4.26. The Bertz CT molecular complexity index is 606. The Morgan fingerprint density at radius 3 is 2.81 bits per heavy atom. The van der Waals surface area contributed by atoms with Crippen LogP contribution in [0.5, 0.6) is 0 Å². The van der Waals surface area contributed by atoms with Crippen molar-refractivity contribution in [2.75, 3.05) is 5.73 Å². The third kappa shape index (κ3) is 1.38. The Hall–Kier alpha value is 0.180. The van der Waals surface area contributed by atoms with Gasteiger partial charge in [-0.05, 0) is 72.9 Å². The minimum atomic E-state index is 0.624. The van der Waals surface area contributed by atoms with Gasteiger partial charge in [0, 0.05) is 15.5 Å². The molecule has 0 atom stereocenters. The molecule has 1 aliphatic rings. The van der Waals surface area contributed by atoms with Crippen molar-refractivity contribution in [2.45, 2.75) is 19.4 Å². The molecule has 2 N–H and O–H groups in total. The van der Waals surface area contributed by atoms with Crippen molar-refractivity contribution < 1.29 is 0 Å². The highest BCUT2D eigenvalue weighted by atomic mass is 127. The van der Waals surface area contributed by atoms with Gasteiger partial charge in [-0.2, -0.15) is 0 Å². The Kier molecular flexibility index (Phi) is 2.71. The van der Waals surface area contributed by atoms with E-state index in [9.17, 15) is 0 Å². The van der Waals surface area contributed by atoms with E-state index in [0.29, 0.717) is 5.95 Å². The molecular weight excluding hydrogens is 449 g/mol. The normalized spacial score (nSPS) is 14.7. The SMILES string of the molecule is Nc1nc2c(I)c(Br)c(Br)c3c2n1CCC3. The fourth-order valence-electron chi connectivity index (χ4n) is 2.23. The van der Waals surface area contributed by atoms with E-state index in [1.807, 2.05) is 0 Å². The van der Waals surface area contributed by atoms with Crippen molar-refractivity contribution >= 4 is 71.4 Å². The molecule has 0 unspecified atom stereocenters. The molecular formula is C10H8Br2IN3. The number of rotatable bonds is 0. The van der Waals surface area contributed by atoms with E-state index in [-0.39, 0.29) is 0 Å². The van der Waals surface area contributed by atoms with Crippen LogP contribution in [0.2, 0.25) is 0 Å². The molecule has 0 aliphatic carbocycles. The van der Waals surface area contributed by atoms with Crippen molar-refractivity contribution in [3.63, 3.8) is 0 Å². The van der Waals surface area contributed by atoms with E-state index in [0.717, 1.165) is 37.4 Å². The second-order valence-electron chi connectivity index (χ2n) is 3.84. The van der Waals surface area contributed by atoms with Gasteiger partial charge in [-0.25, -0.2) is 4.98 Å². The maximum atomic E-state index is 5.95. The van der Waals surface area contributed by atoms with Gasteiger partial charge in [0.2, 0.25) is 5.95 Å². The van der Waals surface area contributed by atoms with Crippen LogP contribution in [-0.4, -0.2) is 9.55 Å². The third-order valence-electron chi connectivity index (χ3n) is 2.95. The van der Waals surface area contributed by atoms with Gasteiger partial charge in [0.15, 0.2) is 0 Å². The number of imidazole rings is 1. The van der Waals surface area contributed by atoms with Gasteiger partial charge in [-0.3, -0.25) is 0 Å². The molecule has 2 heterocycles. The molecule has 0 fully saturated rings. The van der Waals surface area contributed by atoms with E-state index < -0.39 is 0 Å². The van der Waals surface area contributed by atoms with Crippen LogP contribution < -0.4 is 5.73 Å². The van der Waals surface area contributed by atoms with Crippen LogP contribution in [0.4, 0.5) is 5.95 Å². The van der Waals surface area contributed by atoms with Gasteiger partial charge in [-0.1, -0.05) is 0 Å². The first kappa shape index (κ1) is 11.3. The Labute approximate surface area is 123 Å². The highest BCUT2D eigenvalue weighted by molar-refractivity contribution is 14.1. The molecule has 3 rings (SSSR count). The predicted molar refractivity (Wildman–Crippen MR) is 80.6 cm³/mol. The molecule has 84 valence electrons. The standard InChI is InChI=1S/C10H8Br2IN3/c11-5-4-2-1-3-16-9(4)8(15-10(16)14)7(13)6(5)12/h1-3H2,(H2,14,15). The fraction of sp³-hybridized carbons (Fsp3) is 0.300. The number of hydrogen-bond donors (Lipinski definition) is 1. The van der Waals surface area contributed by atoms with Crippen LogP contribution in [0.25, 0.3) is 11.0 Å². The average Bonchev–Trinajstić information content (AvgIpc) is 2.63. The summed E-state index contributed by atoms with van der Waals surface area (Å²) in [6.07, 6.45) is 2.20. The summed E-state index contributed by atoms with van der Waals surface area (Å²) in [5.41, 5.74) is 9.48. The van der Waals surface area contributed by atoms with Crippen molar-refractivity contribution in [2.24, 2.45) is 0 Å². The first-order chi connectivity index (χ1) is 7.61. The van der Waals surface area contributed by atoms with Gasteiger partial charge < -0.3 is 10.3 Å². The van der Waals surface area contributed by atoms with Gasteiger partial charge in [-0.15, -0.1) is 0 Å². The number of hydrogen-bond acceptors (Lipinski definition) is 2. The molecule has 0 radical (unpaired) electrons. The topological polar surface area (TPSA) is 43.8 Å². The lowest BCUT2D eigenvalue weighted by Crippen LogP contribution is -2.11. The Morgan fingerprint density at radius 2 is 2.06 bits per heavy atom. The van der Waals surface area contributed by atoms with Crippen molar-refractivity contribution in [1.29, 1.82) is 0 Å². The quantitative estimate of drug-likeness (QED) is 0.485. The highest BCUT2D eigenvalue weighted by Crippen LogP contribution is 2.41. The van der Waals surface area contributed by atoms with Gasteiger partial charge in [0.1, 0.15) is 5.52 Å². The number of aromatic nitrogens is 2. The monoisotopic (exact) mass is 455 g/mol. The summed E-state index contributed by atoms with van der Waals surface area (Å²) >= 11 is 9.57. The molecule has 3 nitrogen and oxygen atoms in total. The van der Waals surface area contributed by atoms with E-state index in [1.165, 1.54) is 11.1 Å². The summed E-state index contributed by atoms with van der Waals surface area (Å²) in [6.45, 7) is 0.972. The molecule has 0 spiro atoms. The van der Waals surface area contributed by atoms with Crippen LogP contribution in [0.3, 0.4) is 0 Å². The van der Waals surface area contributed by atoms with Crippen molar-refractivity contribution in [3.8, 4) is 0 Å². The van der Waals surface area contributed by atoms with Crippen LogP contribution in [0.15, 0.2) is 8.95 Å². The Balaban J connectivity index is 2.57. The lowest BCUT2D eigenvalue weighted by molar-refractivity contribution is 0.638. The summed E-state index contributed by atoms with van der Waals surface area (Å²) in [5.74, 6) is 0.624. The Morgan fingerprint density at radius 1 is 1.31 bits per heavy atom. The van der Waals surface area contributed by atoms with Crippen molar-refractivity contribution in [1.82, 2.24) is 9.55 Å². The zero-order chi connectivity index (χ0) is 11.4. The average molecular weight is 457 g/mol. The van der Waals surface area contributed by atoms with Gasteiger partial charge >= 0.3 is 0 Å². The third-order valence-corrected chi connectivity index (χ3v) is 6.94. The lowest BCUT2D eigenvalue weighted by Gasteiger charge is -2.18. The summed E-state index contributed by atoms with van der Waals surface area (Å²) in [5, 5.41) is 0. The number of benzene rings is 1. The van der Waals surface area contributed by atoms with Crippen LogP contribution >= 0.6 is 54.5 Å². The van der Waals surface area contributed by atoms with Gasteiger partial charge in [0.25, 0.3) is 0 Å². The maximum Gasteiger partial charge on any atom is 0.201 e. The number of nitrogen functional groups attached to an aromatic ring is 1. The first-order valence-corrected chi connectivity index (χ1v) is 7.58. The van der Waals surface area contributed by atoms with E-state index >= 15 is 0 Å². The molecule has 0 saturated heterocycles. The summed E-state index contributed by atoms with van der Waals surface area (Å²) in [4.78, 5) is 4.47. The number of halogens is 3. The summed E-state index contributed by atoms with van der Waals surface area (Å²) < 4.78 is 5.47. The van der Waals surface area contributed by atoms with Crippen LogP contribution in [0.1, 0.15) is 12.0 Å². The molecule has 2 aromatic rings. The van der Waals surface area contributed by atoms with E-state index in [1.54, 1.807) is 0 Å². The van der Waals surface area contributed by atoms with Crippen LogP contribution in [0, 0.1) is 3.57 Å². The molecule has 6 heteroatoms. The van der Waals surface area contributed by atoms with E-state index in [4.69, 9.17) is 5.73 Å². The van der Waals surface area contributed by atoms with Gasteiger partial charge in [0.05, 0.1) is 9.09 Å². The number of aryl methyl sites for hydroxylation is 2. The molecule has 0 saturated carbocycles. The summed E-state index contributed by atoms with van der Waals surface area (Å²) in [7, 11) is 0. The second kappa shape index (κ2) is 3.84. The molecule has 0 bridgehead atoms. The second-order valence-corrected chi connectivity index (χ2v) is 6.51. The van der Waals surface area contributed by atoms with Crippen LogP contribution in [-0.2, 0) is 13.0 Å². The largest absolute Gasteiger partial charge is 0.369 e. The number of anilines is 1. The highest BCUT2D eigenvalue weighted by Gasteiger charge is 2.23. The molecule has 1 aromatic heterocycles. The lowest BCUT2D eigenvalue weighted by atomic mass is 10.0. The zero-order valence-electron chi connectivity index (χ0n) is 8.23. The molecule has 1 aromatic carbocycles. The molecule has 0 amide bonds. The van der Waals surface area contributed by atoms with E-state index in [2.05, 4.69) is 64.0 Å². The summed E-state index contributed by atoms with van der Waals surface area (Å²) in [6, 6.07) is 0. The molecule has 16 heavy (non-hydrogen) atoms. The molecule has 1 aliphatic heterocycles.